The maximum absolute atomic E-state index is 13.0. The number of rotatable bonds is 1. The number of nitrogens with two attached hydrogens (primary N) is 1. The van der Waals surface area contributed by atoms with Crippen molar-refractivity contribution in [3.8, 4) is 0 Å². The highest BCUT2D eigenvalue weighted by Gasteiger charge is 2.41. The van der Waals surface area contributed by atoms with Crippen molar-refractivity contribution in [2.75, 3.05) is 0 Å². The average Bonchev–Trinajstić information content (AvgIpc) is 2.07. The lowest BCUT2D eigenvalue weighted by atomic mass is 9.70. The Morgan fingerprint density at radius 3 is 2.64 bits per heavy atom. The summed E-state index contributed by atoms with van der Waals surface area (Å²) in [6, 6.07) is 4.90. The molecule has 1 aromatic carbocycles. The molecule has 0 bridgehead atoms. The topological polar surface area (TPSA) is 46.2 Å². The van der Waals surface area contributed by atoms with Crippen LogP contribution in [0.5, 0.6) is 0 Å². The zero-order valence-corrected chi connectivity index (χ0v) is 8.13. The van der Waals surface area contributed by atoms with Crippen molar-refractivity contribution in [2.45, 2.75) is 31.4 Å². The molecule has 0 spiro atoms. The Bertz CT molecular complexity index is 358. The first-order valence-corrected chi connectivity index (χ1v) is 4.75. The van der Waals surface area contributed by atoms with Crippen LogP contribution in [0.3, 0.4) is 0 Å². The molecule has 2 rings (SSSR count). The SMILES string of the molecule is Cc1cc(C2(N)CC(O)C2)ccc1F. The Labute approximate surface area is 82.5 Å². The van der Waals surface area contributed by atoms with E-state index in [1.54, 1.807) is 19.1 Å². The zero-order valence-electron chi connectivity index (χ0n) is 8.13. The fraction of sp³-hybridized carbons (Fsp3) is 0.455. The monoisotopic (exact) mass is 195 g/mol. The molecule has 3 N–H and O–H groups in total. The summed E-state index contributed by atoms with van der Waals surface area (Å²) in [7, 11) is 0. The van der Waals surface area contributed by atoms with Crippen LogP contribution in [0.1, 0.15) is 24.0 Å². The van der Waals surface area contributed by atoms with Gasteiger partial charge in [-0.05, 0) is 37.0 Å². The lowest BCUT2D eigenvalue weighted by Gasteiger charge is -2.42. The van der Waals surface area contributed by atoms with Crippen LogP contribution in [-0.2, 0) is 5.54 Å². The predicted octanol–water partition coefficient (Wildman–Crippen LogP) is 1.44. The summed E-state index contributed by atoms with van der Waals surface area (Å²) < 4.78 is 13.0. The standard InChI is InChI=1S/C11H14FNO/c1-7-4-8(2-3-10(7)12)11(13)5-9(14)6-11/h2-4,9,14H,5-6,13H2,1H3. The van der Waals surface area contributed by atoms with E-state index in [1.165, 1.54) is 6.07 Å². The van der Waals surface area contributed by atoms with E-state index < -0.39 is 5.54 Å². The van der Waals surface area contributed by atoms with Crippen LogP contribution in [0.2, 0.25) is 0 Å². The zero-order chi connectivity index (χ0) is 10.3. The van der Waals surface area contributed by atoms with Gasteiger partial charge in [0.15, 0.2) is 0 Å². The van der Waals surface area contributed by atoms with Gasteiger partial charge in [0.2, 0.25) is 0 Å². The minimum absolute atomic E-state index is 0.211. The highest BCUT2D eigenvalue weighted by molar-refractivity contribution is 5.32. The molecule has 0 saturated heterocycles. The van der Waals surface area contributed by atoms with Crippen LogP contribution >= 0.6 is 0 Å². The van der Waals surface area contributed by atoms with Gasteiger partial charge in [0.25, 0.3) is 0 Å². The number of benzene rings is 1. The summed E-state index contributed by atoms with van der Waals surface area (Å²) in [6.07, 6.45) is 0.834. The van der Waals surface area contributed by atoms with Gasteiger partial charge < -0.3 is 10.8 Å². The Morgan fingerprint density at radius 2 is 2.14 bits per heavy atom. The van der Waals surface area contributed by atoms with Crippen LogP contribution in [-0.4, -0.2) is 11.2 Å². The van der Waals surface area contributed by atoms with E-state index in [2.05, 4.69) is 0 Å². The van der Waals surface area contributed by atoms with Gasteiger partial charge in [0, 0.05) is 5.54 Å². The molecule has 0 aromatic heterocycles. The summed E-state index contributed by atoms with van der Waals surface area (Å²) in [5.74, 6) is -0.211. The Morgan fingerprint density at radius 1 is 1.50 bits per heavy atom. The Kier molecular flexibility index (Phi) is 2.09. The average molecular weight is 195 g/mol. The number of halogens is 1. The van der Waals surface area contributed by atoms with Gasteiger partial charge in [-0.1, -0.05) is 12.1 Å². The van der Waals surface area contributed by atoms with Gasteiger partial charge in [0.1, 0.15) is 5.82 Å². The van der Waals surface area contributed by atoms with E-state index in [0.29, 0.717) is 18.4 Å². The molecule has 2 nitrogen and oxygen atoms in total. The van der Waals surface area contributed by atoms with E-state index in [-0.39, 0.29) is 11.9 Å². The molecule has 3 heteroatoms. The van der Waals surface area contributed by atoms with Gasteiger partial charge in [-0.25, -0.2) is 4.39 Å². The fourth-order valence-electron chi connectivity index (χ4n) is 1.97. The molecular weight excluding hydrogens is 181 g/mol. The number of aryl methyl sites for hydroxylation is 1. The van der Waals surface area contributed by atoms with Gasteiger partial charge in [-0.15, -0.1) is 0 Å². The van der Waals surface area contributed by atoms with E-state index in [0.717, 1.165) is 5.56 Å². The van der Waals surface area contributed by atoms with E-state index >= 15 is 0 Å². The second kappa shape index (κ2) is 3.04. The minimum Gasteiger partial charge on any atom is -0.393 e. The smallest absolute Gasteiger partial charge is 0.126 e. The first-order valence-electron chi connectivity index (χ1n) is 4.75. The van der Waals surface area contributed by atoms with Gasteiger partial charge in [-0.3, -0.25) is 0 Å². The van der Waals surface area contributed by atoms with Crippen molar-refractivity contribution in [1.29, 1.82) is 0 Å². The second-order valence-electron chi connectivity index (χ2n) is 4.18. The highest BCUT2D eigenvalue weighted by Crippen LogP contribution is 2.39. The molecule has 1 aliphatic rings. The van der Waals surface area contributed by atoms with Crippen molar-refractivity contribution >= 4 is 0 Å². The predicted molar refractivity (Wildman–Crippen MR) is 52.2 cm³/mol. The summed E-state index contributed by atoms with van der Waals surface area (Å²) in [5.41, 5.74) is 7.13. The molecule has 0 atom stereocenters. The van der Waals surface area contributed by atoms with Crippen LogP contribution in [0.15, 0.2) is 18.2 Å². The van der Waals surface area contributed by atoms with Crippen molar-refractivity contribution in [1.82, 2.24) is 0 Å². The highest BCUT2D eigenvalue weighted by atomic mass is 19.1. The van der Waals surface area contributed by atoms with Crippen molar-refractivity contribution in [2.24, 2.45) is 5.73 Å². The molecule has 1 fully saturated rings. The Hall–Kier alpha value is -0.930. The van der Waals surface area contributed by atoms with Crippen molar-refractivity contribution in [3.05, 3.63) is 35.1 Å². The maximum atomic E-state index is 13.0. The number of aliphatic hydroxyl groups excluding tert-OH is 1. The molecule has 0 heterocycles. The van der Waals surface area contributed by atoms with Crippen LogP contribution in [0.4, 0.5) is 4.39 Å². The van der Waals surface area contributed by atoms with E-state index in [9.17, 15) is 9.50 Å². The molecule has 0 amide bonds. The number of aliphatic hydroxyl groups is 1. The minimum atomic E-state index is -0.447. The summed E-state index contributed by atoms with van der Waals surface area (Å²) in [4.78, 5) is 0. The van der Waals surface area contributed by atoms with Gasteiger partial charge in [0.05, 0.1) is 6.10 Å². The lowest BCUT2D eigenvalue weighted by molar-refractivity contribution is 0.0209. The second-order valence-corrected chi connectivity index (χ2v) is 4.18. The fourth-order valence-corrected chi connectivity index (χ4v) is 1.97. The molecule has 14 heavy (non-hydrogen) atoms. The number of hydrogen-bond donors (Lipinski definition) is 2. The number of hydrogen-bond acceptors (Lipinski definition) is 2. The van der Waals surface area contributed by atoms with Crippen molar-refractivity contribution in [3.63, 3.8) is 0 Å². The summed E-state index contributed by atoms with van der Waals surface area (Å²) in [5, 5.41) is 9.21. The first kappa shape index (κ1) is 9.62. The molecule has 76 valence electrons. The summed E-state index contributed by atoms with van der Waals surface area (Å²) >= 11 is 0. The maximum Gasteiger partial charge on any atom is 0.126 e. The molecule has 0 radical (unpaired) electrons. The van der Waals surface area contributed by atoms with E-state index in [4.69, 9.17) is 5.73 Å². The third-order valence-corrected chi connectivity index (χ3v) is 2.93. The van der Waals surface area contributed by atoms with Gasteiger partial charge in [-0.2, -0.15) is 0 Å². The van der Waals surface area contributed by atoms with Crippen LogP contribution in [0.25, 0.3) is 0 Å². The normalized spacial score (nSPS) is 31.3. The molecule has 1 saturated carbocycles. The largest absolute Gasteiger partial charge is 0.393 e. The molecule has 0 aliphatic heterocycles. The lowest BCUT2D eigenvalue weighted by Crippen LogP contribution is -2.51. The molecular formula is C11H14FNO. The van der Waals surface area contributed by atoms with Crippen molar-refractivity contribution < 1.29 is 9.50 Å². The van der Waals surface area contributed by atoms with Gasteiger partial charge >= 0.3 is 0 Å². The molecule has 0 unspecified atom stereocenters. The summed E-state index contributed by atoms with van der Waals surface area (Å²) in [6.45, 7) is 1.72. The van der Waals surface area contributed by atoms with Crippen LogP contribution < -0.4 is 5.73 Å². The first-order chi connectivity index (χ1) is 6.51. The third-order valence-electron chi connectivity index (χ3n) is 2.93. The Balaban J connectivity index is 2.29. The quantitative estimate of drug-likeness (QED) is 0.712. The van der Waals surface area contributed by atoms with Crippen LogP contribution in [0, 0.1) is 12.7 Å². The van der Waals surface area contributed by atoms with E-state index in [1.807, 2.05) is 0 Å². The molecule has 1 aromatic rings. The molecule has 1 aliphatic carbocycles. The third kappa shape index (κ3) is 1.42.